The zero-order valence-corrected chi connectivity index (χ0v) is 9.76. The summed E-state index contributed by atoms with van der Waals surface area (Å²) >= 11 is 0. The largest absolute Gasteiger partial charge is 0.462 e. The van der Waals surface area contributed by atoms with Gasteiger partial charge in [0.1, 0.15) is 0 Å². The van der Waals surface area contributed by atoms with Crippen molar-refractivity contribution in [2.24, 2.45) is 0 Å². The molecule has 0 N–H and O–H groups in total. The third-order valence-corrected chi connectivity index (χ3v) is 2.71. The van der Waals surface area contributed by atoms with E-state index >= 15 is 0 Å². The molecule has 1 aliphatic rings. The molecule has 0 amide bonds. The van der Waals surface area contributed by atoms with Crippen LogP contribution in [0.3, 0.4) is 0 Å². The molecular formula is C15H16O2. The minimum atomic E-state index is -0.244. The van der Waals surface area contributed by atoms with Crippen molar-refractivity contribution in [1.82, 2.24) is 0 Å². The maximum absolute atomic E-state index is 11.6. The van der Waals surface area contributed by atoms with Crippen LogP contribution < -0.4 is 0 Å². The second-order valence-electron chi connectivity index (χ2n) is 4.01. The average Bonchev–Trinajstić information content (AvgIpc) is 2.41. The molecule has 0 aliphatic heterocycles. The minimum Gasteiger partial charge on any atom is -0.462 e. The Morgan fingerprint density at radius 2 is 2.00 bits per heavy atom. The Balaban J connectivity index is 1.77. The van der Waals surface area contributed by atoms with Crippen molar-refractivity contribution in [3.63, 3.8) is 0 Å². The van der Waals surface area contributed by atoms with Gasteiger partial charge in [-0.2, -0.15) is 0 Å². The Bertz CT molecular complexity index is 429. The molecule has 88 valence electrons. The zero-order valence-electron chi connectivity index (χ0n) is 9.76. The number of rotatable bonds is 4. The second-order valence-corrected chi connectivity index (χ2v) is 4.01. The molecule has 1 aromatic carbocycles. The molecular weight excluding hydrogens is 212 g/mol. The lowest BCUT2D eigenvalue weighted by Gasteiger charge is -2.07. The van der Waals surface area contributed by atoms with Crippen LogP contribution in [0.15, 0.2) is 54.1 Å². The van der Waals surface area contributed by atoms with Crippen molar-refractivity contribution in [2.75, 3.05) is 6.61 Å². The monoisotopic (exact) mass is 228 g/mol. The highest BCUT2D eigenvalue weighted by atomic mass is 16.5. The van der Waals surface area contributed by atoms with Gasteiger partial charge in [-0.1, -0.05) is 36.4 Å². The summed E-state index contributed by atoms with van der Waals surface area (Å²) in [7, 11) is 0. The zero-order chi connectivity index (χ0) is 11.9. The minimum absolute atomic E-state index is 0.244. The fourth-order valence-corrected chi connectivity index (χ4v) is 1.77. The van der Waals surface area contributed by atoms with Crippen molar-refractivity contribution in [3.8, 4) is 0 Å². The van der Waals surface area contributed by atoms with Crippen LogP contribution in [0.5, 0.6) is 0 Å². The molecule has 17 heavy (non-hydrogen) atoms. The first-order chi connectivity index (χ1) is 8.36. The molecule has 1 aromatic rings. The molecule has 2 rings (SSSR count). The van der Waals surface area contributed by atoms with Crippen LogP contribution in [0.25, 0.3) is 0 Å². The Hall–Kier alpha value is -1.83. The maximum atomic E-state index is 11.6. The van der Waals surface area contributed by atoms with Gasteiger partial charge in [0.2, 0.25) is 0 Å². The van der Waals surface area contributed by atoms with E-state index in [0.717, 1.165) is 19.3 Å². The number of benzene rings is 1. The quantitative estimate of drug-likeness (QED) is 0.737. The number of hydrogen-bond donors (Lipinski definition) is 0. The highest BCUT2D eigenvalue weighted by Crippen LogP contribution is 2.13. The van der Waals surface area contributed by atoms with E-state index in [-0.39, 0.29) is 5.97 Å². The molecule has 1 aliphatic carbocycles. The van der Waals surface area contributed by atoms with Crippen LogP contribution in [-0.2, 0) is 4.74 Å². The normalized spacial score (nSPS) is 14.2. The maximum Gasteiger partial charge on any atom is 0.338 e. The molecule has 0 unspecified atom stereocenters. The number of esters is 1. The molecule has 0 atom stereocenters. The van der Waals surface area contributed by atoms with E-state index in [1.807, 2.05) is 18.2 Å². The van der Waals surface area contributed by atoms with Crippen molar-refractivity contribution < 1.29 is 9.53 Å². The Morgan fingerprint density at radius 1 is 1.18 bits per heavy atom. The Kier molecular flexibility index (Phi) is 4.14. The van der Waals surface area contributed by atoms with Crippen LogP contribution in [0.4, 0.5) is 0 Å². The van der Waals surface area contributed by atoms with E-state index < -0.39 is 0 Å². The predicted octanol–water partition coefficient (Wildman–Crippen LogP) is 3.51. The van der Waals surface area contributed by atoms with E-state index in [9.17, 15) is 4.79 Å². The topological polar surface area (TPSA) is 26.3 Å². The van der Waals surface area contributed by atoms with Gasteiger partial charge >= 0.3 is 5.97 Å². The fraction of sp³-hybridized carbons (Fsp3) is 0.267. The van der Waals surface area contributed by atoms with Crippen LogP contribution >= 0.6 is 0 Å². The predicted molar refractivity (Wildman–Crippen MR) is 67.8 cm³/mol. The van der Waals surface area contributed by atoms with Gasteiger partial charge in [-0.25, -0.2) is 4.79 Å². The van der Waals surface area contributed by atoms with Crippen LogP contribution in [0.2, 0.25) is 0 Å². The molecule has 0 aromatic heterocycles. The van der Waals surface area contributed by atoms with E-state index in [1.54, 1.807) is 12.1 Å². The molecule has 0 saturated heterocycles. The summed E-state index contributed by atoms with van der Waals surface area (Å²) < 4.78 is 5.22. The lowest BCUT2D eigenvalue weighted by Crippen LogP contribution is -2.06. The molecule has 0 spiro atoms. The van der Waals surface area contributed by atoms with Gasteiger partial charge in [0.05, 0.1) is 12.2 Å². The van der Waals surface area contributed by atoms with E-state index in [4.69, 9.17) is 4.74 Å². The summed E-state index contributed by atoms with van der Waals surface area (Å²) in [5, 5.41) is 0. The summed E-state index contributed by atoms with van der Waals surface area (Å²) in [5.74, 6) is -0.244. The van der Waals surface area contributed by atoms with Crippen molar-refractivity contribution in [2.45, 2.75) is 19.3 Å². The van der Waals surface area contributed by atoms with E-state index in [0.29, 0.717) is 12.2 Å². The number of ether oxygens (including phenoxy) is 1. The number of allylic oxidation sites excluding steroid dienone is 3. The highest BCUT2D eigenvalue weighted by Gasteiger charge is 2.06. The fourth-order valence-electron chi connectivity index (χ4n) is 1.77. The first kappa shape index (κ1) is 11.6. The van der Waals surface area contributed by atoms with Gasteiger partial charge in [-0.3, -0.25) is 0 Å². The average molecular weight is 228 g/mol. The summed E-state index contributed by atoms with van der Waals surface area (Å²) in [6.07, 6.45) is 9.49. The molecule has 2 nitrogen and oxygen atoms in total. The van der Waals surface area contributed by atoms with Gasteiger partial charge in [0, 0.05) is 6.42 Å². The molecule has 0 heterocycles. The molecule has 0 radical (unpaired) electrons. The van der Waals surface area contributed by atoms with E-state index in [2.05, 4.69) is 18.2 Å². The summed E-state index contributed by atoms with van der Waals surface area (Å²) in [6, 6.07) is 9.09. The lowest BCUT2D eigenvalue weighted by molar-refractivity contribution is 0.0510. The molecule has 0 saturated carbocycles. The number of carbonyl (C=O) groups excluding carboxylic acids is 1. The smallest absolute Gasteiger partial charge is 0.338 e. The van der Waals surface area contributed by atoms with Crippen molar-refractivity contribution in [3.05, 3.63) is 59.7 Å². The third-order valence-electron chi connectivity index (χ3n) is 2.71. The number of hydrogen-bond acceptors (Lipinski definition) is 2. The Morgan fingerprint density at radius 3 is 2.71 bits per heavy atom. The van der Waals surface area contributed by atoms with Crippen molar-refractivity contribution in [1.29, 1.82) is 0 Å². The van der Waals surface area contributed by atoms with Crippen molar-refractivity contribution >= 4 is 5.97 Å². The van der Waals surface area contributed by atoms with E-state index in [1.165, 1.54) is 5.57 Å². The number of carbonyl (C=O) groups is 1. The van der Waals surface area contributed by atoms with Crippen LogP contribution in [0.1, 0.15) is 29.6 Å². The summed E-state index contributed by atoms with van der Waals surface area (Å²) in [4.78, 5) is 11.6. The molecule has 0 bridgehead atoms. The van der Waals surface area contributed by atoms with Crippen LogP contribution in [0, 0.1) is 0 Å². The highest BCUT2D eigenvalue weighted by molar-refractivity contribution is 5.89. The SMILES string of the molecule is O=C(OCCC1=CCCC=C1)c1ccccc1. The van der Waals surface area contributed by atoms with Gasteiger partial charge in [-0.05, 0) is 30.5 Å². The van der Waals surface area contributed by atoms with Gasteiger partial charge < -0.3 is 4.74 Å². The van der Waals surface area contributed by atoms with Gasteiger partial charge in [0.25, 0.3) is 0 Å². The Labute approximate surface area is 102 Å². The first-order valence-corrected chi connectivity index (χ1v) is 5.94. The third kappa shape index (κ3) is 3.59. The first-order valence-electron chi connectivity index (χ1n) is 5.94. The molecule has 2 heteroatoms. The lowest BCUT2D eigenvalue weighted by atomic mass is 10.1. The van der Waals surface area contributed by atoms with Gasteiger partial charge in [0.15, 0.2) is 0 Å². The summed E-state index contributed by atoms with van der Waals surface area (Å²) in [5.41, 5.74) is 1.87. The van der Waals surface area contributed by atoms with Gasteiger partial charge in [-0.15, -0.1) is 0 Å². The van der Waals surface area contributed by atoms with Crippen LogP contribution in [-0.4, -0.2) is 12.6 Å². The summed E-state index contributed by atoms with van der Waals surface area (Å²) in [6.45, 7) is 0.448. The second kappa shape index (κ2) is 6.04. The molecule has 0 fully saturated rings. The standard InChI is InChI=1S/C15H16O2/c16-15(14-9-5-2-6-10-14)17-12-11-13-7-3-1-4-8-13/h2-3,5-10H,1,4,11-12H2.